The summed E-state index contributed by atoms with van der Waals surface area (Å²) in [6, 6.07) is 0. The van der Waals surface area contributed by atoms with Gasteiger partial charge in [0.15, 0.2) is 0 Å². The van der Waals surface area contributed by atoms with E-state index in [2.05, 4.69) is 24.3 Å². The lowest BCUT2D eigenvalue weighted by molar-refractivity contribution is -0.0271. The van der Waals surface area contributed by atoms with Gasteiger partial charge in [-0.3, -0.25) is 0 Å². The minimum atomic E-state index is 0.119. The molecule has 2 atom stereocenters. The van der Waals surface area contributed by atoms with Gasteiger partial charge < -0.3 is 10.5 Å². The van der Waals surface area contributed by atoms with Crippen LogP contribution in [-0.2, 0) is 4.74 Å². The third-order valence-electron chi connectivity index (χ3n) is 4.08. The van der Waals surface area contributed by atoms with Crippen molar-refractivity contribution in [2.45, 2.75) is 38.6 Å². The zero-order valence-electron chi connectivity index (χ0n) is 11.2. The summed E-state index contributed by atoms with van der Waals surface area (Å²) in [6.07, 6.45) is 3.74. The van der Waals surface area contributed by atoms with E-state index < -0.39 is 0 Å². The predicted octanol–water partition coefficient (Wildman–Crippen LogP) is 0.977. The summed E-state index contributed by atoms with van der Waals surface area (Å²) in [7, 11) is 0. The Morgan fingerprint density at radius 2 is 1.82 bits per heavy atom. The molecule has 2 unspecified atom stereocenters. The second-order valence-corrected chi connectivity index (χ2v) is 6.05. The molecule has 0 aromatic heterocycles. The van der Waals surface area contributed by atoms with E-state index >= 15 is 0 Å². The van der Waals surface area contributed by atoms with Gasteiger partial charge in [0.05, 0.1) is 13.2 Å². The summed E-state index contributed by atoms with van der Waals surface area (Å²) in [5.41, 5.74) is 9.89. The van der Waals surface area contributed by atoms with Crippen LogP contribution in [0.3, 0.4) is 0 Å². The third kappa shape index (κ3) is 3.41. The molecular weight excluding hydrogens is 214 g/mol. The summed E-state index contributed by atoms with van der Waals surface area (Å²) in [5, 5.41) is 2.31. The van der Waals surface area contributed by atoms with Crippen molar-refractivity contribution in [3.8, 4) is 0 Å². The van der Waals surface area contributed by atoms with E-state index in [1.165, 1.54) is 19.3 Å². The molecule has 4 heteroatoms. The van der Waals surface area contributed by atoms with Gasteiger partial charge in [-0.05, 0) is 31.1 Å². The van der Waals surface area contributed by atoms with E-state index in [4.69, 9.17) is 10.5 Å². The Labute approximate surface area is 105 Å². The van der Waals surface area contributed by atoms with Gasteiger partial charge in [-0.25, -0.2) is 10.4 Å². The maximum Gasteiger partial charge on any atom is 0.0608 e. The normalized spacial score (nSPS) is 40.4. The van der Waals surface area contributed by atoms with Crippen LogP contribution in [-0.4, -0.2) is 43.4 Å². The lowest BCUT2D eigenvalue weighted by atomic mass is 9.72. The van der Waals surface area contributed by atoms with Crippen LogP contribution >= 0.6 is 0 Å². The smallest absolute Gasteiger partial charge is 0.0608 e. The predicted molar refractivity (Wildman–Crippen MR) is 69.5 cm³/mol. The van der Waals surface area contributed by atoms with Gasteiger partial charge in [-0.1, -0.05) is 13.8 Å². The van der Waals surface area contributed by atoms with Crippen molar-refractivity contribution in [2.24, 2.45) is 17.6 Å². The van der Waals surface area contributed by atoms with E-state index in [1.807, 2.05) is 0 Å². The summed E-state index contributed by atoms with van der Waals surface area (Å²) in [5.74, 6) is 1.55. The second-order valence-electron chi connectivity index (χ2n) is 6.05. The second kappa shape index (κ2) is 5.65. The fourth-order valence-electron chi connectivity index (χ4n) is 3.59. The molecule has 1 aliphatic carbocycles. The molecule has 0 radical (unpaired) electrons. The third-order valence-corrected chi connectivity index (χ3v) is 4.08. The first-order valence-corrected chi connectivity index (χ1v) is 6.94. The topological polar surface area (TPSA) is 50.5 Å². The molecule has 100 valence electrons. The fraction of sp³-hybridized carbons (Fsp3) is 1.00. The quantitative estimate of drug-likeness (QED) is 0.773. The molecule has 0 spiro atoms. The summed E-state index contributed by atoms with van der Waals surface area (Å²) >= 11 is 0. The van der Waals surface area contributed by atoms with Crippen LogP contribution in [0.15, 0.2) is 0 Å². The molecule has 0 bridgehead atoms. The molecule has 1 saturated carbocycles. The molecule has 1 aliphatic heterocycles. The van der Waals surface area contributed by atoms with Crippen molar-refractivity contribution in [2.75, 3.05) is 32.8 Å². The Morgan fingerprint density at radius 1 is 1.24 bits per heavy atom. The van der Waals surface area contributed by atoms with Crippen LogP contribution in [0, 0.1) is 11.8 Å². The molecule has 0 amide bonds. The van der Waals surface area contributed by atoms with Crippen molar-refractivity contribution < 1.29 is 4.74 Å². The number of ether oxygens (including phenoxy) is 1. The summed E-state index contributed by atoms with van der Waals surface area (Å²) in [4.78, 5) is 0. The number of morpholine rings is 1. The van der Waals surface area contributed by atoms with Gasteiger partial charge in [-0.2, -0.15) is 0 Å². The molecule has 2 fully saturated rings. The maximum atomic E-state index is 6.06. The Balaban J connectivity index is 1.97. The van der Waals surface area contributed by atoms with E-state index in [1.54, 1.807) is 0 Å². The monoisotopic (exact) mass is 241 g/mol. The highest BCUT2D eigenvalue weighted by Crippen LogP contribution is 2.35. The molecule has 1 saturated heterocycles. The number of hydrazine groups is 1. The van der Waals surface area contributed by atoms with Crippen molar-refractivity contribution in [1.82, 2.24) is 10.4 Å². The number of nitrogens with two attached hydrogens (primary N) is 1. The van der Waals surface area contributed by atoms with Crippen molar-refractivity contribution in [1.29, 1.82) is 0 Å². The minimum Gasteiger partial charge on any atom is -0.379 e. The maximum absolute atomic E-state index is 6.06. The number of hydrogen-bond donors (Lipinski definition) is 2. The number of rotatable bonds is 3. The van der Waals surface area contributed by atoms with Gasteiger partial charge in [0.25, 0.3) is 0 Å². The van der Waals surface area contributed by atoms with Crippen molar-refractivity contribution in [3.05, 3.63) is 0 Å². The molecule has 2 rings (SSSR count). The highest BCUT2D eigenvalue weighted by atomic mass is 16.5. The summed E-state index contributed by atoms with van der Waals surface area (Å²) < 4.78 is 5.38. The highest BCUT2D eigenvalue weighted by molar-refractivity contribution is 4.95. The Morgan fingerprint density at radius 3 is 2.35 bits per heavy atom. The van der Waals surface area contributed by atoms with E-state index in [0.717, 1.165) is 44.7 Å². The molecule has 4 nitrogen and oxygen atoms in total. The van der Waals surface area contributed by atoms with Gasteiger partial charge >= 0.3 is 0 Å². The van der Waals surface area contributed by atoms with E-state index in [-0.39, 0.29) is 5.54 Å². The largest absolute Gasteiger partial charge is 0.379 e. The van der Waals surface area contributed by atoms with Gasteiger partial charge in [-0.15, -0.1) is 0 Å². The number of nitrogens with zero attached hydrogens (tertiary/aromatic N) is 1. The standard InChI is InChI=1S/C13H27N3O/c1-11-7-12(2)9-13(8-11,10-14)15-16-3-5-17-6-4-16/h11-12,15H,3-10,14H2,1-2H3. The zero-order chi connectivity index (χ0) is 12.3. The van der Waals surface area contributed by atoms with Crippen molar-refractivity contribution >= 4 is 0 Å². The molecule has 3 N–H and O–H groups in total. The minimum absolute atomic E-state index is 0.119. The molecular formula is C13H27N3O. The summed E-state index contributed by atoms with van der Waals surface area (Å²) in [6.45, 7) is 9.05. The van der Waals surface area contributed by atoms with Gasteiger partial charge in [0.2, 0.25) is 0 Å². The molecule has 17 heavy (non-hydrogen) atoms. The van der Waals surface area contributed by atoms with E-state index in [9.17, 15) is 0 Å². The lowest BCUT2D eigenvalue weighted by Gasteiger charge is -2.46. The Hall–Kier alpha value is -0.160. The first-order valence-electron chi connectivity index (χ1n) is 6.94. The van der Waals surface area contributed by atoms with Crippen LogP contribution in [0.5, 0.6) is 0 Å². The van der Waals surface area contributed by atoms with Crippen LogP contribution in [0.1, 0.15) is 33.1 Å². The molecule has 2 aliphatic rings. The Bertz CT molecular complexity index is 231. The number of nitrogens with one attached hydrogen (secondary N) is 1. The van der Waals surface area contributed by atoms with Crippen LogP contribution in [0.4, 0.5) is 0 Å². The van der Waals surface area contributed by atoms with Crippen molar-refractivity contribution in [3.63, 3.8) is 0 Å². The average Bonchev–Trinajstić information content (AvgIpc) is 2.29. The average molecular weight is 241 g/mol. The zero-order valence-corrected chi connectivity index (χ0v) is 11.2. The lowest BCUT2D eigenvalue weighted by Crippen LogP contribution is -2.62. The highest BCUT2D eigenvalue weighted by Gasteiger charge is 2.38. The SMILES string of the molecule is CC1CC(C)CC(CN)(NN2CCOCC2)C1. The Kier molecular flexibility index (Phi) is 4.42. The molecule has 1 heterocycles. The van der Waals surface area contributed by atoms with E-state index in [0.29, 0.717) is 0 Å². The van der Waals surface area contributed by atoms with Crippen LogP contribution in [0.2, 0.25) is 0 Å². The first-order chi connectivity index (χ1) is 8.13. The molecule has 0 aromatic carbocycles. The van der Waals surface area contributed by atoms with Gasteiger partial charge in [0, 0.05) is 25.2 Å². The number of hydrogen-bond acceptors (Lipinski definition) is 4. The van der Waals surface area contributed by atoms with Gasteiger partial charge in [0.1, 0.15) is 0 Å². The van der Waals surface area contributed by atoms with Crippen LogP contribution in [0.25, 0.3) is 0 Å². The first kappa shape index (κ1) is 13.3. The molecule has 0 aromatic rings. The fourth-order valence-corrected chi connectivity index (χ4v) is 3.59. The van der Waals surface area contributed by atoms with Crippen LogP contribution < -0.4 is 11.2 Å².